The van der Waals surface area contributed by atoms with E-state index in [1.807, 2.05) is 77.9 Å². The van der Waals surface area contributed by atoms with Crippen molar-refractivity contribution in [2.75, 3.05) is 0 Å². The summed E-state index contributed by atoms with van der Waals surface area (Å²) >= 11 is 18.8. The van der Waals surface area contributed by atoms with Crippen molar-refractivity contribution in [2.45, 2.75) is 229 Å². The van der Waals surface area contributed by atoms with Crippen molar-refractivity contribution in [3.8, 4) is 0 Å². The summed E-state index contributed by atoms with van der Waals surface area (Å²) in [6.45, 7) is 44.1. The third kappa shape index (κ3) is 37.3. The Hall–Kier alpha value is -6.82. The second kappa shape index (κ2) is 50.7. The molecule has 0 aliphatic carbocycles. The molecule has 0 atom stereocenters. The molecule has 10 aromatic rings. The van der Waals surface area contributed by atoms with E-state index >= 15 is 0 Å². The fourth-order valence-corrected chi connectivity index (χ4v) is 11.9. The van der Waals surface area contributed by atoms with Gasteiger partial charge in [-0.05, 0) is 307 Å². The Bertz CT molecular complexity index is 3810. The van der Waals surface area contributed by atoms with Gasteiger partial charge in [0.25, 0.3) is 0 Å². The molecule has 0 aliphatic heterocycles. The van der Waals surface area contributed by atoms with Crippen molar-refractivity contribution in [3.05, 3.63) is 346 Å². The first kappa shape index (κ1) is 97.2. The first-order valence-electron chi connectivity index (χ1n) is 36.8. The Balaban J connectivity index is 0.000000590. The zero-order valence-electron chi connectivity index (χ0n) is 66.9. The molecule has 576 valence electrons. The van der Waals surface area contributed by atoms with Crippen LogP contribution in [0, 0.1) is 94.7 Å². The van der Waals surface area contributed by atoms with E-state index < -0.39 is 23.5 Å². The molecule has 12 heteroatoms. The Morgan fingerprint density at radius 2 is 0.613 bits per heavy atom. The average molecular weight is 1630 g/mol. The lowest BCUT2D eigenvalue weighted by molar-refractivity contribution is -0.139. The molecule has 0 unspecified atom stereocenters. The van der Waals surface area contributed by atoms with Gasteiger partial charge in [0.05, 0.1) is 11.1 Å². The Morgan fingerprint density at radius 1 is 0.245 bits per heavy atom. The van der Waals surface area contributed by atoms with Crippen molar-refractivity contribution in [1.82, 2.24) is 0 Å². The van der Waals surface area contributed by atoms with Gasteiger partial charge in [-0.25, -0.2) is 8.78 Å². The maximum atomic E-state index is 12.9. The van der Waals surface area contributed by atoms with Crippen LogP contribution in [0.1, 0.15) is 203 Å². The monoisotopic (exact) mass is 1620 g/mol. The summed E-state index contributed by atoms with van der Waals surface area (Å²) in [5, 5.41) is 1.77. The van der Waals surface area contributed by atoms with Crippen molar-refractivity contribution < 1.29 is 35.1 Å². The van der Waals surface area contributed by atoms with E-state index in [1.54, 1.807) is 45.0 Å². The van der Waals surface area contributed by atoms with Gasteiger partial charge in [-0.3, -0.25) is 0 Å². The summed E-state index contributed by atoms with van der Waals surface area (Å²) in [5.41, 5.74) is 23.3. The molecular formula is C94H116Br2Cl2F8. The van der Waals surface area contributed by atoms with Gasteiger partial charge in [-0.2, -0.15) is 26.3 Å². The minimum absolute atomic E-state index is 0.0810. The maximum absolute atomic E-state index is 12.9. The molecule has 0 aliphatic rings. The molecule has 0 aromatic heterocycles. The highest BCUT2D eigenvalue weighted by molar-refractivity contribution is 9.10. The van der Waals surface area contributed by atoms with Crippen molar-refractivity contribution in [1.29, 1.82) is 0 Å². The van der Waals surface area contributed by atoms with Gasteiger partial charge in [0, 0.05) is 19.0 Å². The van der Waals surface area contributed by atoms with Crippen molar-refractivity contribution >= 4 is 55.1 Å². The van der Waals surface area contributed by atoms with Crippen LogP contribution in [0.5, 0.6) is 0 Å². The van der Waals surface area contributed by atoms with Gasteiger partial charge in [0.15, 0.2) is 0 Å². The molecule has 10 rings (SSSR count). The Labute approximate surface area is 660 Å². The zero-order chi connectivity index (χ0) is 80.6. The number of halogens is 12. The van der Waals surface area contributed by atoms with Crippen LogP contribution in [-0.4, -0.2) is 0 Å². The number of rotatable bonds is 10. The Morgan fingerprint density at radius 3 is 1.03 bits per heavy atom. The highest BCUT2D eigenvalue weighted by atomic mass is 79.9. The summed E-state index contributed by atoms with van der Waals surface area (Å²) < 4.78 is 102. The minimum atomic E-state index is -4.23. The summed E-state index contributed by atoms with van der Waals surface area (Å²) in [6, 6.07) is 58.2. The Kier molecular flexibility index (Phi) is 46.5. The average Bonchev–Trinajstić information content (AvgIpc) is 0.827. The van der Waals surface area contributed by atoms with Gasteiger partial charge < -0.3 is 0 Å². The van der Waals surface area contributed by atoms with Gasteiger partial charge in [0.1, 0.15) is 11.6 Å². The molecule has 106 heavy (non-hydrogen) atoms. The normalized spacial score (nSPS) is 10.4. The summed E-state index contributed by atoms with van der Waals surface area (Å²) in [4.78, 5) is 0. The molecule has 0 spiro atoms. The molecule has 0 saturated heterocycles. The number of hydrogen-bond acceptors (Lipinski definition) is 0. The first-order chi connectivity index (χ1) is 49.8. The van der Waals surface area contributed by atoms with Crippen LogP contribution < -0.4 is 0 Å². The predicted octanol–water partition coefficient (Wildman–Crippen LogP) is 31.3. The van der Waals surface area contributed by atoms with E-state index in [2.05, 4.69) is 212 Å². The molecule has 0 heterocycles. The number of benzene rings is 10. The number of alkyl halides is 6. The summed E-state index contributed by atoms with van der Waals surface area (Å²) in [7, 11) is 0. The van der Waals surface area contributed by atoms with Gasteiger partial charge >= 0.3 is 12.4 Å². The van der Waals surface area contributed by atoms with Crippen LogP contribution in [0.3, 0.4) is 0 Å². The molecule has 0 bridgehead atoms. The van der Waals surface area contributed by atoms with Crippen LogP contribution >= 0.6 is 55.1 Å². The largest absolute Gasteiger partial charge is 0.416 e. The van der Waals surface area contributed by atoms with Crippen LogP contribution in [-0.2, 0) is 76.6 Å². The van der Waals surface area contributed by atoms with E-state index in [0.717, 1.165) is 94.8 Å². The maximum Gasteiger partial charge on any atom is 0.416 e. The number of aryl methyl sites for hydroxylation is 22. The SMILES string of the molecule is CCc1ccc(C)c(Br)c1.CCc1ccc(C)c(C(F)(F)F)c1.CCc1ccc(C)c(C)c1.CCc1ccc(C)c(Cl)c1.CCc1ccc(C)c(F)c1.CCc1ccc(C)cc1Br.CCc1ccc(C)cc1C.CCc1ccc(C)cc1C(F)(F)F.CCc1ccc(C)cc1Cl.CCc1ccc(C)cc1F. The standard InChI is InChI=1S/2C10H11F3.2C10H14.2C9H11Br.2C9H11Cl.2C9H11F/c1-3-8-5-4-7(2)9(6-8)10(11,12)13;1-3-8-5-4-7(2)6-9(8)10(11,12)13;1-4-10-6-5-8(2)9(3)7-10;1-4-10-6-5-8(2)7-9(10)3;1-3-8-5-4-7(2)9(10)6-8;1-3-8-5-4-7(2)6-9(8)10;1-3-8-5-4-7(2)9(10)6-8;1-3-8-5-4-7(2)6-9(8)10;1-3-8-5-4-7(2)9(10)6-8;1-3-8-5-4-7(2)6-9(8)10/h2*4-6H,3H2,1-2H3;2*5-7H,4H2,1-3H3;6*4-6H,3H2,1-2H3. The second-order valence-electron chi connectivity index (χ2n) is 26.2. The van der Waals surface area contributed by atoms with Gasteiger partial charge in [-0.15, -0.1) is 0 Å². The van der Waals surface area contributed by atoms with E-state index in [9.17, 15) is 35.1 Å². The van der Waals surface area contributed by atoms with Crippen LogP contribution in [0.25, 0.3) is 0 Å². The van der Waals surface area contributed by atoms with E-state index in [0.29, 0.717) is 24.0 Å². The second-order valence-corrected chi connectivity index (χ2v) is 28.7. The summed E-state index contributed by atoms with van der Waals surface area (Å²) in [5.74, 6) is -0.179. The molecule has 0 radical (unpaired) electrons. The van der Waals surface area contributed by atoms with Gasteiger partial charge in [0.2, 0.25) is 0 Å². The smallest absolute Gasteiger partial charge is 0.207 e. The molecule has 0 amide bonds. The van der Waals surface area contributed by atoms with Crippen LogP contribution in [0.2, 0.25) is 10.0 Å². The zero-order valence-corrected chi connectivity index (χ0v) is 71.6. The lowest BCUT2D eigenvalue weighted by Gasteiger charge is -2.11. The molecule has 0 nitrogen and oxygen atoms in total. The van der Waals surface area contributed by atoms with E-state index in [1.165, 1.54) is 112 Å². The van der Waals surface area contributed by atoms with Gasteiger partial charge in [-0.1, -0.05) is 269 Å². The third-order valence-corrected chi connectivity index (χ3v) is 19.9. The fourth-order valence-electron chi connectivity index (χ4n) is 10.1. The van der Waals surface area contributed by atoms with E-state index in [-0.39, 0.29) is 17.2 Å². The van der Waals surface area contributed by atoms with Crippen molar-refractivity contribution in [2.24, 2.45) is 0 Å². The lowest BCUT2D eigenvalue weighted by Crippen LogP contribution is -2.08. The van der Waals surface area contributed by atoms with Crippen molar-refractivity contribution in [3.63, 3.8) is 0 Å². The van der Waals surface area contributed by atoms with Crippen LogP contribution in [0.4, 0.5) is 35.1 Å². The molecule has 10 aromatic carbocycles. The first-order valence-corrected chi connectivity index (χ1v) is 39.1. The number of hydrogen-bond donors (Lipinski definition) is 0. The van der Waals surface area contributed by atoms with E-state index in [4.69, 9.17) is 23.2 Å². The minimum Gasteiger partial charge on any atom is -0.207 e. The van der Waals surface area contributed by atoms with Crippen LogP contribution in [0.15, 0.2) is 191 Å². The lowest BCUT2D eigenvalue weighted by atomic mass is 10.0. The highest BCUT2D eigenvalue weighted by Gasteiger charge is 2.33. The molecule has 0 saturated carbocycles. The highest BCUT2D eigenvalue weighted by Crippen LogP contribution is 2.34. The fraction of sp³-hybridized carbons (Fsp3) is 0.362. The topological polar surface area (TPSA) is 0 Å². The summed E-state index contributed by atoms with van der Waals surface area (Å²) in [6.07, 6.45) is 0.820. The third-order valence-electron chi connectivity index (χ3n) is 17.5. The predicted molar refractivity (Wildman–Crippen MR) is 450 cm³/mol. The molecule has 0 fully saturated rings. The molecule has 0 N–H and O–H groups in total. The molecular weight excluding hydrogens is 1510 g/mol. The quantitative estimate of drug-likeness (QED) is 0.120.